The Kier molecular flexibility index (Phi) is 5.40. The highest BCUT2D eigenvalue weighted by molar-refractivity contribution is 7.99. The lowest BCUT2D eigenvalue weighted by Crippen LogP contribution is -2.16. The third kappa shape index (κ3) is 3.98. The largest absolute Gasteiger partial charge is 0.283 e. The average molecular weight is 434 g/mol. The Morgan fingerprint density at radius 1 is 0.897 bits per heavy atom. The standard InChI is InChI=1S/C17H14N4O6S2/c1-11-17(28-15-7-3-13(4-8-15)20(22)23)12(2)19(18-11)29(26,27)16-9-5-14(6-10-16)21(24)25/h3-10H,1-2H3. The first-order valence-corrected chi connectivity index (χ1v) is 10.4. The Morgan fingerprint density at radius 3 is 1.86 bits per heavy atom. The topological polar surface area (TPSA) is 138 Å². The summed E-state index contributed by atoms with van der Waals surface area (Å²) in [7, 11) is -4.04. The van der Waals surface area contributed by atoms with E-state index in [9.17, 15) is 28.6 Å². The minimum atomic E-state index is -4.04. The molecule has 2 aromatic carbocycles. The lowest BCUT2D eigenvalue weighted by Gasteiger charge is -2.07. The molecule has 0 unspecified atom stereocenters. The van der Waals surface area contributed by atoms with Crippen LogP contribution < -0.4 is 0 Å². The van der Waals surface area contributed by atoms with Crippen LogP contribution in [0.2, 0.25) is 0 Å². The van der Waals surface area contributed by atoms with Crippen LogP contribution in [-0.4, -0.2) is 27.5 Å². The molecule has 0 fully saturated rings. The van der Waals surface area contributed by atoms with E-state index in [0.717, 1.165) is 28.4 Å². The molecule has 0 N–H and O–H groups in total. The highest BCUT2D eigenvalue weighted by Crippen LogP contribution is 2.34. The molecule has 12 heteroatoms. The molecule has 0 aliphatic heterocycles. The van der Waals surface area contributed by atoms with Gasteiger partial charge in [0.1, 0.15) is 0 Å². The van der Waals surface area contributed by atoms with Crippen molar-refractivity contribution in [2.24, 2.45) is 0 Å². The number of hydrogen-bond acceptors (Lipinski definition) is 8. The molecule has 1 aromatic heterocycles. The number of hydrogen-bond donors (Lipinski definition) is 0. The van der Waals surface area contributed by atoms with Gasteiger partial charge in [0.15, 0.2) is 0 Å². The number of non-ortho nitro benzene ring substituents is 2. The number of nitro groups is 2. The van der Waals surface area contributed by atoms with Gasteiger partial charge in [0.2, 0.25) is 0 Å². The van der Waals surface area contributed by atoms with Gasteiger partial charge >= 0.3 is 0 Å². The molecule has 29 heavy (non-hydrogen) atoms. The fourth-order valence-electron chi connectivity index (χ4n) is 2.58. The first kappa shape index (κ1) is 20.5. The van der Waals surface area contributed by atoms with Crippen LogP contribution in [0.5, 0.6) is 0 Å². The van der Waals surface area contributed by atoms with E-state index in [0.29, 0.717) is 21.2 Å². The fourth-order valence-corrected chi connectivity index (χ4v) is 4.93. The van der Waals surface area contributed by atoms with Crippen LogP contribution in [0.4, 0.5) is 11.4 Å². The number of nitro benzene ring substituents is 2. The van der Waals surface area contributed by atoms with Crippen molar-refractivity contribution in [2.45, 2.75) is 28.5 Å². The summed E-state index contributed by atoms with van der Waals surface area (Å²) in [5.41, 5.74) is 0.575. The van der Waals surface area contributed by atoms with E-state index in [4.69, 9.17) is 0 Å². The number of nitrogens with zero attached hydrogens (tertiary/aromatic N) is 4. The summed E-state index contributed by atoms with van der Waals surface area (Å²) in [4.78, 5) is 21.6. The van der Waals surface area contributed by atoms with Crippen molar-refractivity contribution < 1.29 is 18.3 Å². The summed E-state index contributed by atoms with van der Waals surface area (Å²) in [6, 6.07) is 10.4. The van der Waals surface area contributed by atoms with Crippen LogP contribution in [-0.2, 0) is 10.0 Å². The molecule has 3 aromatic rings. The van der Waals surface area contributed by atoms with Crippen LogP contribution in [0, 0.1) is 34.1 Å². The Bertz CT molecular complexity index is 1200. The zero-order valence-corrected chi connectivity index (χ0v) is 16.8. The van der Waals surface area contributed by atoms with Crippen molar-refractivity contribution >= 4 is 33.2 Å². The highest BCUT2D eigenvalue weighted by Gasteiger charge is 2.25. The van der Waals surface area contributed by atoms with Crippen LogP contribution >= 0.6 is 11.8 Å². The van der Waals surface area contributed by atoms with Crippen LogP contribution in [0.1, 0.15) is 11.4 Å². The summed E-state index contributed by atoms with van der Waals surface area (Å²) in [6.45, 7) is 3.25. The van der Waals surface area contributed by atoms with Gasteiger partial charge in [-0.15, -0.1) is 0 Å². The maximum Gasteiger partial charge on any atom is 0.283 e. The van der Waals surface area contributed by atoms with E-state index in [1.807, 2.05) is 0 Å². The maximum atomic E-state index is 12.9. The average Bonchev–Trinajstić information content (AvgIpc) is 2.97. The number of aryl methyl sites for hydroxylation is 1. The quantitative estimate of drug-likeness (QED) is 0.423. The highest BCUT2D eigenvalue weighted by atomic mass is 32.2. The molecule has 10 nitrogen and oxygen atoms in total. The van der Waals surface area contributed by atoms with E-state index in [-0.39, 0.29) is 16.3 Å². The molecule has 0 saturated carbocycles. The number of aromatic nitrogens is 2. The normalized spacial score (nSPS) is 11.4. The summed E-state index contributed by atoms with van der Waals surface area (Å²) in [5, 5.41) is 25.7. The van der Waals surface area contributed by atoms with E-state index in [1.54, 1.807) is 26.0 Å². The van der Waals surface area contributed by atoms with Gasteiger partial charge in [-0.3, -0.25) is 20.2 Å². The van der Waals surface area contributed by atoms with Gasteiger partial charge in [0.05, 0.1) is 31.0 Å². The SMILES string of the molecule is Cc1nn(S(=O)(=O)c2ccc([N+](=O)[O-])cc2)c(C)c1Sc1ccc([N+](=O)[O-])cc1. The molecular formula is C17H14N4O6S2. The molecule has 0 atom stereocenters. The fraction of sp³-hybridized carbons (Fsp3) is 0.118. The van der Waals surface area contributed by atoms with E-state index < -0.39 is 19.9 Å². The van der Waals surface area contributed by atoms with Gasteiger partial charge < -0.3 is 0 Å². The summed E-state index contributed by atoms with van der Waals surface area (Å²) < 4.78 is 26.7. The van der Waals surface area contributed by atoms with Crippen molar-refractivity contribution in [3.8, 4) is 0 Å². The van der Waals surface area contributed by atoms with Crippen LogP contribution in [0.3, 0.4) is 0 Å². The molecular weight excluding hydrogens is 420 g/mol. The smallest absolute Gasteiger partial charge is 0.258 e. The van der Waals surface area contributed by atoms with E-state index in [1.165, 1.54) is 23.9 Å². The third-order valence-electron chi connectivity index (χ3n) is 4.03. The number of benzene rings is 2. The first-order valence-electron chi connectivity index (χ1n) is 8.10. The zero-order valence-electron chi connectivity index (χ0n) is 15.2. The van der Waals surface area contributed by atoms with E-state index >= 15 is 0 Å². The van der Waals surface area contributed by atoms with Crippen LogP contribution in [0.25, 0.3) is 0 Å². The lowest BCUT2D eigenvalue weighted by atomic mass is 10.3. The van der Waals surface area contributed by atoms with E-state index in [2.05, 4.69) is 5.10 Å². The van der Waals surface area contributed by atoms with Crippen molar-refractivity contribution in [3.05, 3.63) is 80.1 Å². The molecule has 150 valence electrons. The molecule has 0 spiro atoms. The molecule has 0 radical (unpaired) electrons. The minimum Gasteiger partial charge on any atom is -0.258 e. The Morgan fingerprint density at radius 2 is 1.38 bits per heavy atom. The molecule has 3 rings (SSSR count). The van der Waals surface area contributed by atoms with Gasteiger partial charge in [-0.25, -0.2) is 0 Å². The van der Waals surface area contributed by atoms with Gasteiger partial charge in [0.25, 0.3) is 21.4 Å². The van der Waals surface area contributed by atoms with Gasteiger partial charge in [-0.2, -0.15) is 17.6 Å². The Labute approximate surface area is 169 Å². The van der Waals surface area contributed by atoms with Crippen LogP contribution in [0.15, 0.2) is 63.2 Å². The summed E-state index contributed by atoms with van der Waals surface area (Å²) in [6.07, 6.45) is 0. The summed E-state index contributed by atoms with van der Waals surface area (Å²) >= 11 is 1.24. The Balaban J connectivity index is 1.95. The minimum absolute atomic E-state index is 0.0424. The second kappa shape index (κ2) is 7.64. The summed E-state index contributed by atoms with van der Waals surface area (Å²) in [5.74, 6) is 0. The predicted molar refractivity (Wildman–Crippen MR) is 105 cm³/mol. The van der Waals surface area contributed by atoms with Crippen molar-refractivity contribution in [2.75, 3.05) is 0 Å². The Hall–Kier alpha value is -3.25. The molecule has 0 aliphatic rings. The second-order valence-electron chi connectivity index (χ2n) is 5.95. The van der Waals surface area contributed by atoms with Gasteiger partial charge in [-0.1, -0.05) is 11.8 Å². The van der Waals surface area contributed by atoms with Gasteiger partial charge in [0, 0.05) is 29.2 Å². The van der Waals surface area contributed by atoms with Crippen molar-refractivity contribution in [1.29, 1.82) is 0 Å². The maximum absolute atomic E-state index is 12.9. The van der Waals surface area contributed by atoms with Crippen molar-refractivity contribution in [3.63, 3.8) is 0 Å². The molecule has 0 saturated heterocycles. The van der Waals surface area contributed by atoms with Crippen molar-refractivity contribution in [1.82, 2.24) is 9.19 Å². The lowest BCUT2D eigenvalue weighted by molar-refractivity contribution is -0.385. The first-order chi connectivity index (χ1) is 13.6. The molecule has 0 aliphatic carbocycles. The monoisotopic (exact) mass is 434 g/mol. The predicted octanol–water partition coefficient (Wildman–Crippen LogP) is 3.70. The number of rotatable bonds is 6. The van der Waals surface area contributed by atoms with Gasteiger partial charge in [-0.05, 0) is 38.1 Å². The second-order valence-corrected chi connectivity index (χ2v) is 8.80. The zero-order chi connectivity index (χ0) is 21.3. The molecule has 0 amide bonds. The molecule has 1 heterocycles. The molecule has 0 bridgehead atoms. The third-order valence-corrected chi connectivity index (χ3v) is 7.01.